The lowest BCUT2D eigenvalue weighted by Crippen LogP contribution is -2.19. The van der Waals surface area contributed by atoms with Gasteiger partial charge in [0.2, 0.25) is 0 Å². The first-order chi connectivity index (χ1) is 8.15. The van der Waals surface area contributed by atoms with E-state index in [9.17, 15) is 9.59 Å². The quantitative estimate of drug-likeness (QED) is 0.369. The first kappa shape index (κ1) is 13.2. The monoisotopic (exact) mass is 236 g/mol. The molecule has 1 N–H and O–H groups in total. The number of rotatable bonds is 5. The van der Waals surface area contributed by atoms with Crippen molar-refractivity contribution in [3.63, 3.8) is 0 Å². The molecule has 0 fully saturated rings. The zero-order valence-corrected chi connectivity index (χ0v) is 9.81. The topological polar surface area (TPSA) is 63.6 Å². The van der Waals surface area contributed by atoms with Crippen LogP contribution >= 0.6 is 0 Å². The van der Waals surface area contributed by atoms with Crippen molar-refractivity contribution in [3.8, 4) is 5.75 Å². The van der Waals surface area contributed by atoms with Crippen LogP contribution in [0.5, 0.6) is 5.75 Å². The smallest absolute Gasteiger partial charge is 0.422 e. The fourth-order valence-corrected chi connectivity index (χ4v) is 1.52. The van der Waals surface area contributed by atoms with E-state index in [0.29, 0.717) is 5.75 Å². The van der Waals surface area contributed by atoms with Crippen LogP contribution in [0.15, 0.2) is 24.3 Å². The number of carbonyl (C=O) groups excluding carboxylic acids is 1. The molecule has 0 aliphatic heterocycles. The molecule has 1 rings (SSSR count). The summed E-state index contributed by atoms with van der Waals surface area (Å²) in [4.78, 5) is 21.4. The SMILES string of the molecule is CCCCCc1ccccc1OC(=O)C(=O)O. The van der Waals surface area contributed by atoms with Gasteiger partial charge in [0.1, 0.15) is 5.75 Å². The lowest BCUT2D eigenvalue weighted by molar-refractivity contribution is -0.158. The summed E-state index contributed by atoms with van der Waals surface area (Å²) in [6.45, 7) is 2.11. The summed E-state index contributed by atoms with van der Waals surface area (Å²) in [5, 5.41) is 8.47. The highest BCUT2D eigenvalue weighted by Gasteiger charge is 2.15. The van der Waals surface area contributed by atoms with Gasteiger partial charge < -0.3 is 9.84 Å². The van der Waals surface area contributed by atoms with Crippen LogP contribution in [0.1, 0.15) is 31.7 Å². The normalized spacial score (nSPS) is 9.94. The largest absolute Gasteiger partial charge is 0.473 e. The first-order valence-electron chi connectivity index (χ1n) is 5.68. The van der Waals surface area contributed by atoms with Crippen molar-refractivity contribution in [1.29, 1.82) is 0 Å². The number of carboxylic acid groups (broad SMARTS) is 1. The van der Waals surface area contributed by atoms with E-state index in [-0.39, 0.29) is 0 Å². The zero-order chi connectivity index (χ0) is 12.7. The van der Waals surface area contributed by atoms with Crippen molar-refractivity contribution >= 4 is 11.9 Å². The average Bonchev–Trinajstić information content (AvgIpc) is 2.31. The van der Waals surface area contributed by atoms with E-state index in [2.05, 4.69) is 6.92 Å². The molecule has 1 aromatic carbocycles. The minimum Gasteiger partial charge on any atom is -0.473 e. The molecule has 0 atom stereocenters. The maximum absolute atomic E-state index is 11.0. The van der Waals surface area contributed by atoms with Crippen LogP contribution in [0.4, 0.5) is 0 Å². The highest BCUT2D eigenvalue weighted by molar-refractivity contribution is 6.29. The molecule has 17 heavy (non-hydrogen) atoms. The van der Waals surface area contributed by atoms with Gasteiger partial charge in [-0.25, -0.2) is 9.59 Å². The average molecular weight is 236 g/mol. The van der Waals surface area contributed by atoms with Crippen molar-refractivity contribution in [2.24, 2.45) is 0 Å². The standard InChI is InChI=1S/C13H16O4/c1-2-3-4-7-10-8-5-6-9-11(10)17-13(16)12(14)15/h5-6,8-9H,2-4,7H2,1H3,(H,14,15). The molecule has 4 heteroatoms. The van der Waals surface area contributed by atoms with Gasteiger partial charge >= 0.3 is 11.9 Å². The number of hydrogen-bond donors (Lipinski definition) is 1. The first-order valence-corrected chi connectivity index (χ1v) is 5.68. The maximum atomic E-state index is 11.0. The summed E-state index contributed by atoms with van der Waals surface area (Å²) in [7, 11) is 0. The molecule has 1 aromatic rings. The Morgan fingerprint density at radius 3 is 2.59 bits per heavy atom. The van der Waals surface area contributed by atoms with Crippen molar-refractivity contribution in [2.45, 2.75) is 32.6 Å². The van der Waals surface area contributed by atoms with E-state index >= 15 is 0 Å². The fourth-order valence-electron chi connectivity index (χ4n) is 1.52. The number of aryl methyl sites for hydroxylation is 1. The van der Waals surface area contributed by atoms with E-state index < -0.39 is 11.9 Å². The molecule has 0 heterocycles. The third-order valence-corrected chi connectivity index (χ3v) is 2.40. The molecule has 0 bridgehead atoms. The minimum atomic E-state index is -1.58. The molecule has 0 amide bonds. The van der Waals surface area contributed by atoms with E-state index in [1.807, 2.05) is 12.1 Å². The number of unbranched alkanes of at least 4 members (excludes halogenated alkanes) is 2. The number of carbonyl (C=O) groups is 2. The molecule has 4 nitrogen and oxygen atoms in total. The van der Waals surface area contributed by atoms with Crippen molar-refractivity contribution in [3.05, 3.63) is 29.8 Å². The number of ether oxygens (including phenoxy) is 1. The summed E-state index contributed by atoms with van der Waals surface area (Å²) in [5.41, 5.74) is 0.871. The van der Waals surface area contributed by atoms with Gasteiger partial charge in [0.25, 0.3) is 0 Å². The molecular formula is C13H16O4. The van der Waals surface area contributed by atoms with E-state index in [1.165, 1.54) is 0 Å². The molecule has 0 aliphatic carbocycles. The lowest BCUT2D eigenvalue weighted by atomic mass is 10.1. The third-order valence-electron chi connectivity index (χ3n) is 2.40. The second-order valence-corrected chi connectivity index (χ2v) is 3.76. The number of hydrogen-bond acceptors (Lipinski definition) is 3. The van der Waals surface area contributed by atoms with E-state index in [4.69, 9.17) is 9.84 Å². The molecule has 0 radical (unpaired) electrons. The molecule has 0 aliphatic rings. The second-order valence-electron chi connectivity index (χ2n) is 3.76. The summed E-state index contributed by atoms with van der Waals surface area (Å²) < 4.78 is 4.80. The molecule has 0 saturated carbocycles. The summed E-state index contributed by atoms with van der Waals surface area (Å²) in [5.74, 6) is -2.47. The highest BCUT2D eigenvalue weighted by Crippen LogP contribution is 2.20. The van der Waals surface area contributed by atoms with Crippen molar-refractivity contribution in [2.75, 3.05) is 0 Å². The minimum absolute atomic E-state index is 0.344. The number of para-hydroxylation sites is 1. The van der Waals surface area contributed by atoms with Crippen molar-refractivity contribution < 1.29 is 19.4 Å². The molecular weight excluding hydrogens is 220 g/mol. The van der Waals surface area contributed by atoms with E-state index in [1.54, 1.807) is 12.1 Å². The van der Waals surface area contributed by atoms with E-state index in [0.717, 1.165) is 31.2 Å². The predicted octanol–water partition coefficient (Wildman–Crippen LogP) is 2.41. The summed E-state index contributed by atoms with van der Waals surface area (Å²) >= 11 is 0. The lowest BCUT2D eigenvalue weighted by Gasteiger charge is -2.07. The van der Waals surface area contributed by atoms with Gasteiger partial charge in [-0.05, 0) is 24.5 Å². The van der Waals surface area contributed by atoms with Gasteiger partial charge in [-0.15, -0.1) is 0 Å². The van der Waals surface area contributed by atoms with Crippen LogP contribution < -0.4 is 4.74 Å². The maximum Gasteiger partial charge on any atom is 0.422 e. The molecule has 0 aromatic heterocycles. The second kappa shape index (κ2) is 6.68. The number of esters is 1. The van der Waals surface area contributed by atoms with Crippen LogP contribution in [-0.2, 0) is 16.0 Å². The summed E-state index contributed by atoms with van der Waals surface area (Å²) in [6, 6.07) is 7.02. The van der Waals surface area contributed by atoms with Gasteiger partial charge in [-0.3, -0.25) is 0 Å². The van der Waals surface area contributed by atoms with Gasteiger partial charge in [-0.2, -0.15) is 0 Å². The zero-order valence-electron chi connectivity index (χ0n) is 9.81. The molecule has 0 unspecified atom stereocenters. The number of benzene rings is 1. The summed E-state index contributed by atoms with van der Waals surface area (Å²) in [6.07, 6.45) is 3.99. The van der Waals surface area contributed by atoms with Gasteiger partial charge in [-0.1, -0.05) is 38.0 Å². The van der Waals surface area contributed by atoms with Gasteiger partial charge in [0.05, 0.1) is 0 Å². The number of aliphatic carboxylic acids is 1. The number of carboxylic acids is 1. The van der Waals surface area contributed by atoms with Crippen LogP contribution in [0.25, 0.3) is 0 Å². The van der Waals surface area contributed by atoms with Crippen LogP contribution in [-0.4, -0.2) is 17.0 Å². The van der Waals surface area contributed by atoms with Gasteiger partial charge in [0.15, 0.2) is 0 Å². The van der Waals surface area contributed by atoms with Crippen molar-refractivity contribution in [1.82, 2.24) is 0 Å². The van der Waals surface area contributed by atoms with Crippen LogP contribution in [0.3, 0.4) is 0 Å². The fraction of sp³-hybridized carbons (Fsp3) is 0.385. The highest BCUT2D eigenvalue weighted by atomic mass is 16.6. The Bertz CT molecular complexity index is 398. The Morgan fingerprint density at radius 1 is 1.24 bits per heavy atom. The molecule has 92 valence electrons. The van der Waals surface area contributed by atoms with Gasteiger partial charge in [0, 0.05) is 0 Å². The molecule has 0 saturated heterocycles. The Balaban J connectivity index is 2.70. The Labute approximate surface area is 100 Å². The Morgan fingerprint density at radius 2 is 1.94 bits per heavy atom. The molecule has 0 spiro atoms. The Hall–Kier alpha value is -1.84. The van der Waals surface area contributed by atoms with Crippen LogP contribution in [0, 0.1) is 0 Å². The van der Waals surface area contributed by atoms with Crippen LogP contribution in [0.2, 0.25) is 0 Å². The Kier molecular flexibility index (Phi) is 5.20. The third kappa shape index (κ3) is 4.26. The predicted molar refractivity (Wildman–Crippen MR) is 62.9 cm³/mol.